The third-order valence-electron chi connectivity index (χ3n) is 4.48. The maximum Gasteiger partial charge on any atom is 0.228 e. The van der Waals surface area contributed by atoms with Crippen LogP contribution in [0.3, 0.4) is 0 Å². The first-order valence-corrected chi connectivity index (χ1v) is 8.33. The fraction of sp³-hybridized carbons (Fsp3) is 0.350. The van der Waals surface area contributed by atoms with E-state index in [0.717, 1.165) is 24.1 Å². The predicted octanol–water partition coefficient (Wildman–Crippen LogP) is 3.76. The SMILES string of the molecule is COc1ccc(CC(=O)Nc2cccc3c2CCCC3)cc1OC. The van der Waals surface area contributed by atoms with E-state index >= 15 is 0 Å². The molecular formula is C20H23NO3. The van der Waals surface area contributed by atoms with Crippen molar-refractivity contribution in [1.29, 1.82) is 0 Å². The molecule has 0 saturated heterocycles. The number of hydrogen-bond donors (Lipinski definition) is 1. The Morgan fingerprint density at radius 3 is 2.62 bits per heavy atom. The normalized spacial score (nSPS) is 13.1. The molecule has 1 aliphatic rings. The quantitative estimate of drug-likeness (QED) is 0.910. The van der Waals surface area contributed by atoms with Crippen molar-refractivity contribution in [2.24, 2.45) is 0 Å². The van der Waals surface area contributed by atoms with Gasteiger partial charge in [0.25, 0.3) is 0 Å². The molecule has 0 saturated carbocycles. The summed E-state index contributed by atoms with van der Waals surface area (Å²) >= 11 is 0. The van der Waals surface area contributed by atoms with Gasteiger partial charge in [-0.1, -0.05) is 18.2 Å². The molecule has 126 valence electrons. The van der Waals surface area contributed by atoms with E-state index < -0.39 is 0 Å². The van der Waals surface area contributed by atoms with Crippen LogP contribution in [0.15, 0.2) is 36.4 Å². The first kappa shape index (κ1) is 16.4. The third kappa shape index (κ3) is 3.53. The smallest absolute Gasteiger partial charge is 0.228 e. The molecule has 0 aliphatic heterocycles. The fourth-order valence-electron chi connectivity index (χ4n) is 3.27. The van der Waals surface area contributed by atoms with Crippen LogP contribution in [0.4, 0.5) is 5.69 Å². The second kappa shape index (κ2) is 7.39. The Balaban J connectivity index is 1.72. The summed E-state index contributed by atoms with van der Waals surface area (Å²) in [6, 6.07) is 11.7. The molecule has 0 radical (unpaired) electrons. The topological polar surface area (TPSA) is 47.6 Å². The average Bonchev–Trinajstić information content (AvgIpc) is 2.62. The van der Waals surface area contributed by atoms with Gasteiger partial charge in [-0.05, 0) is 60.6 Å². The van der Waals surface area contributed by atoms with Gasteiger partial charge in [-0.2, -0.15) is 0 Å². The van der Waals surface area contributed by atoms with E-state index in [4.69, 9.17) is 9.47 Å². The van der Waals surface area contributed by atoms with E-state index in [2.05, 4.69) is 11.4 Å². The van der Waals surface area contributed by atoms with Gasteiger partial charge in [-0.3, -0.25) is 4.79 Å². The fourth-order valence-corrected chi connectivity index (χ4v) is 3.27. The monoisotopic (exact) mass is 325 g/mol. The molecular weight excluding hydrogens is 302 g/mol. The van der Waals surface area contributed by atoms with Crippen molar-refractivity contribution in [3.63, 3.8) is 0 Å². The lowest BCUT2D eigenvalue weighted by molar-refractivity contribution is -0.115. The molecule has 0 spiro atoms. The first-order valence-electron chi connectivity index (χ1n) is 8.33. The summed E-state index contributed by atoms with van der Waals surface area (Å²) in [7, 11) is 3.20. The zero-order valence-electron chi connectivity index (χ0n) is 14.2. The molecule has 0 heterocycles. The van der Waals surface area contributed by atoms with Gasteiger partial charge in [0.2, 0.25) is 5.91 Å². The van der Waals surface area contributed by atoms with E-state index in [-0.39, 0.29) is 5.91 Å². The number of ether oxygens (including phenoxy) is 2. The number of methoxy groups -OCH3 is 2. The Hall–Kier alpha value is -2.49. The van der Waals surface area contributed by atoms with E-state index in [1.807, 2.05) is 30.3 Å². The van der Waals surface area contributed by atoms with Gasteiger partial charge in [0, 0.05) is 5.69 Å². The number of fused-ring (bicyclic) bond motifs is 1. The van der Waals surface area contributed by atoms with Crippen LogP contribution in [-0.2, 0) is 24.1 Å². The molecule has 1 N–H and O–H groups in total. The maximum atomic E-state index is 12.4. The van der Waals surface area contributed by atoms with Crippen LogP contribution in [0.25, 0.3) is 0 Å². The van der Waals surface area contributed by atoms with Crippen LogP contribution in [0, 0.1) is 0 Å². The van der Waals surface area contributed by atoms with Crippen LogP contribution >= 0.6 is 0 Å². The van der Waals surface area contributed by atoms with Gasteiger partial charge in [-0.25, -0.2) is 0 Å². The van der Waals surface area contributed by atoms with Gasteiger partial charge in [0.15, 0.2) is 11.5 Å². The highest BCUT2D eigenvalue weighted by molar-refractivity contribution is 5.93. The molecule has 4 nitrogen and oxygen atoms in total. The minimum absolute atomic E-state index is 0.0128. The lowest BCUT2D eigenvalue weighted by Crippen LogP contribution is -2.17. The molecule has 2 aromatic rings. The number of amides is 1. The summed E-state index contributed by atoms with van der Waals surface area (Å²) in [5, 5.41) is 3.07. The van der Waals surface area contributed by atoms with Gasteiger partial charge < -0.3 is 14.8 Å². The molecule has 0 bridgehead atoms. The summed E-state index contributed by atoms with van der Waals surface area (Å²) in [5.74, 6) is 1.29. The van der Waals surface area contributed by atoms with Crippen molar-refractivity contribution in [1.82, 2.24) is 0 Å². The minimum atomic E-state index is -0.0128. The zero-order chi connectivity index (χ0) is 16.9. The van der Waals surface area contributed by atoms with Gasteiger partial charge in [0.05, 0.1) is 20.6 Å². The van der Waals surface area contributed by atoms with E-state index in [0.29, 0.717) is 17.9 Å². The van der Waals surface area contributed by atoms with E-state index in [1.54, 1.807) is 14.2 Å². The number of rotatable bonds is 5. The largest absolute Gasteiger partial charge is 0.493 e. The van der Waals surface area contributed by atoms with Crippen molar-refractivity contribution >= 4 is 11.6 Å². The number of anilines is 1. The van der Waals surface area contributed by atoms with E-state index in [1.165, 1.54) is 24.0 Å². The van der Waals surface area contributed by atoms with Crippen LogP contribution in [0.2, 0.25) is 0 Å². The first-order chi connectivity index (χ1) is 11.7. The van der Waals surface area contributed by atoms with Crippen molar-refractivity contribution in [2.45, 2.75) is 32.1 Å². The number of nitrogens with one attached hydrogen (secondary N) is 1. The van der Waals surface area contributed by atoms with Crippen molar-refractivity contribution in [3.05, 3.63) is 53.1 Å². The molecule has 3 rings (SSSR count). The minimum Gasteiger partial charge on any atom is -0.493 e. The Morgan fingerprint density at radius 2 is 1.83 bits per heavy atom. The number of carbonyl (C=O) groups excluding carboxylic acids is 1. The molecule has 0 aromatic heterocycles. The second-order valence-corrected chi connectivity index (χ2v) is 6.06. The summed E-state index contributed by atoms with van der Waals surface area (Å²) in [4.78, 5) is 12.4. The molecule has 0 unspecified atom stereocenters. The zero-order valence-corrected chi connectivity index (χ0v) is 14.2. The second-order valence-electron chi connectivity index (χ2n) is 6.06. The molecule has 1 amide bonds. The number of aryl methyl sites for hydroxylation is 1. The predicted molar refractivity (Wildman–Crippen MR) is 95.0 cm³/mol. The summed E-state index contributed by atoms with van der Waals surface area (Å²) < 4.78 is 10.5. The Kier molecular flexibility index (Phi) is 5.04. The number of benzene rings is 2. The van der Waals surface area contributed by atoms with Gasteiger partial charge in [0.1, 0.15) is 0 Å². The molecule has 0 atom stereocenters. The van der Waals surface area contributed by atoms with Crippen LogP contribution in [0.5, 0.6) is 11.5 Å². The van der Waals surface area contributed by atoms with Crippen LogP contribution in [-0.4, -0.2) is 20.1 Å². The summed E-state index contributed by atoms with van der Waals surface area (Å²) in [5.41, 5.74) is 4.52. The lowest BCUT2D eigenvalue weighted by atomic mass is 9.90. The molecule has 4 heteroatoms. The highest BCUT2D eigenvalue weighted by atomic mass is 16.5. The Labute approximate surface area is 142 Å². The van der Waals surface area contributed by atoms with Crippen molar-refractivity contribution in [2.75, 3.05) is 19.5 Å². The Morgan fingerprint density at radius 1 is 1.04 bits per heavy atom. The maximum absolute atomic E-state index is 12.4. The molecule has 1 aliphatic carbocycles. The lowest BCUT2D eigenvalue weighted by Gasteiger charge is -2.19. The highest BCUT2D eigenvalue weighted by Crippen LogP contribution is 2.29. The van der Waals surface area contributed by atoms with Crippen LogP contribution < -0.4 is 14.8 Å². The molecule has 2 aromatic carbocycles. The third-order valence-corrected chi connectivity index (χ3v) is 4.48. The standard InChI is InChI=1S/C20H23NO3/c1-23-18-11-10-14(12-19(18)24-2)13-20(22)21-17-9-5-7-15-6-3-4-8-16(15)17/h5,7,9-12H,3-4,6,8,13H2,1-2H3,(H,21,22). The molecule has 24 heavy (non-hydrogen) atoms. The van der Waals surface area contributed by atoms with Gasteiger partial charge in [-0.15, -0.1) is 0 Å². The Bertz CT molecular complexity index is 740. The number of carbonyl (C=O) groups is 1. The van der Waals surface area contributed by atoms with Crippen LogP contribution in [0.1, 0.15) is 29.5 Å². The van der Waals surface area contributed by atoms with Gasteiger partial charge >= 0.3 is 0 Å². The molecule has 0 fully saturated rings. The summed E-state index contributed by atoms with van der Waals surface area (Å²) in [6.07, 6.45) is 4.88. The number of hydrogen-bond acceptors (Lipinski definition) is 3. The average molecular weight is 325 g/mol. The highest BCUT2D eigenvalue weighted by Gasteiger charge is 2.15. The van der Waals surface area contributed by atoms with Crippen molar-refractivity contribution in [3.8, 4) is 11.5 Å². The van der Waals surface area contributed by atoms with Crippen molar-refractivity contribution < 1.29 is 14.3 Å². The van der Waals surface area contributed by atoms with E-state index in [9.17, 15) is 4.79 Å². The summed E-state index contributed by atoms with van der Waals surface area (Å²) in [6.45, 7) is 0.